The molecule has 0 bridgehead atoms. The molecule has 1 amide bonds. The first-order valence-corrected chi connectivity index (χ1v) is 7.11. The first-order valence-electron chi connectivity index (χ1n) is 5.94. The molecule has 1 heterocycles. The van der Waals surface area contributed by atoms with E-state index in [2.05, 4.69) is 15.9 Å². The largest absolute Gasteiger partial charge is 0.481 e. The lowest BCUT2D eigenvalue weighted by atomic mass is 10.0. The van der Waals surface area contributed by atoms with Crippen molar-refractivity contribution in [2.24, 2.45) is 5.92 Å². The molecule has 1 aromatic carbocycles. The van der Waals surface area contributed by atoms with Crippen molar-refractivity contribution in [1.29, 1.82) is 0 Å². The van der Waals surface area contributed by atoms with E-state index in [1.165, 1.54) is 4.90 Å². The third-order valence-electron chi connectivity index (χ3n) is 3.34. The predicted octanol–water partition coefficient (Wildman–Crippen LogP) is 2.27. The molecular weight excluding hydrogens is 350 g/mol. The quantitative estimate of drug-likeness (QED) is 0.896. The lowest BCUT2D eigenvalue weighted by Crippen LogP contribution is -2.44. The summed E-state index contributed by atoms with van der Waals surface area (Å²) in [5.74, 6) is -2.00. The molecule has 20 heavy (non-hydrogen) atoms. The van der Waals surface area contributed by atoms with Crippen molar-refractivity contribution in [2.75, 3.05) is 20.3 Å². The SMILES string of the molecule is CN(C(=O)c1cc(Br)ccc1Cl)C1COCC1C(=O)O. The topological polar surface area (TPSA) is 66.8 Å². The number of ether oxygens (including phenoxy) is 1. The van der Waals surface area contributed by atoms with Crippen LogP contribution >= 0.6 is 27.5 Å². The number of carboxylic acid groups (broad SMARTS) is 1. The van der Waals surface area contributed by atoms with Crippen LogP contribution in [-0.2, 0) is 9.53 Å². The summed E-state index contributed by atoms with van der Waals surface area (Å²) >= 11 is 9.31. The number of likely N-dealkylation sites (N-methyl/N-ethyl adjacent to an activating group) is 1. The Labute approximate surface area is 129 Å². The van der Waals surface area contributed by atoms with Crippen molar-refractivity contribution in [2.45, 2.75) is 6.04 Å². The molecule has 1 fully saturated rings. The predicted molar refractivity (Wildman–Crippen MR) is 77.0 cm³/mol. The lowest BCUT2D eigenvalue weighted by molar-refractivity contribution is -0.142. The van der Waals surface area contributed by atoms with E-state index in [0.717, 1.165) is 4.47 Å². The van der Waals surface area contributed by atoms with Crippen molar-refractivity contribution < 1.29 is 19.4 Å². The van der Waals surface area contributed by atoms with Gasteiger partial charge >= 0.3 is 5.97 Å². The van der Waals surface area contributed by atoms with Crippen LogP contribution in [0.5, 0.6) is 0 Å². The molecule has 2 unspecified atom stereocenters. The van der Waals surface area contributed by atoms with Crippen LogP contribution in [0.4, 0.5) is 0 Å². The van der Waals surface area contributed by atoms with Gasteiger partial charge in [-0.15, -0.1) is 0 Å². The fourth-order valence-electron chi connectivity index (χ4n) is 2.16. The molecule has 2 atom stereocenters. The highest BCUT2D eigenvalue weighted by Crippen LogP contribution is 2.25. The van der Waals surface area contributed by atoms with E-state index >= 15 is 0 Å². The van der Waals surface area contributed by atoms with Crippen LogP contribution in [0.2, 0.25) is 5.02 Å². The maximum Gasteiger partial charge on any atom is 0.311 e. The maximum atomic E-state index is 12.4. The average Bonchev–Trinajstić information content (AvgIpc) is 2.89. The number of aliphatic carboxylic acids is 1. The number of carbonyl (C=O) groups excluding carboxylic acids is 1. The number of hydrogen-bond donors (Lipinski definition) is 1. The normalized spacial score (nSPS) is 21.8. The van der Waals surface area contributed by atoms with Gasteiger partial charge < -0.3 is 14.7 Å². The van der Waals surface area contributed by atoms with Crippen LogP contribution in [0, 0.1) is 5.92 Å². The fourth-order valence-corrected chi connectivity index (χ4v) is 2.72. The summed E-state index contributed by atoms with van der Waals surface area (Å²) in [5.41, 5.74) is 0.333. The van der Waals surface area contributed by atoms with Crippen molar-refractivity contribution >= 4 is 39.4 Å². The number of amides is 1. The highest BCUT2D eigenvalue weighted by Gasteiger charge is 2.39. The second kappa shape index (κ2) is 6.11. The summed E-state index contributed by atoms with van der Waals surface area (Å²) in [5, 5.41) is 9.46. The third kappa shape index (κ3) is 2.97. The zero-order valence-corrected chi connectivity index (χ0v) is 13.0. The van der Waals surface area contributed by atoms with E-state index in [9.17, 15) is 9.59 Å². The molecule has 1 aromatic rings. The van der Waals surface area contributed by atoms with Crippen molar-refractivity contribution in [3.63, 3.8) is 0 Å². The minimum Gasteiger partial charge on any atom is -0.481 e. The van der Waals surface area contributed by atoms with Crippen LogP contribution in [0.15, 0.2) is 22.7 Å². The maximum absolute atomic E-state index is 12.4. The standard InChI is InChI=1S/C13H13BrClNO4/c1-16(11-6-20-5-9(11)13(18)19)12(17)8-4-7(14)2-3-10(8)15/h2-4,9,11H,5-6H2,1H3,(H,18,19). The number of hydrogen-bond acceptors (Lipinski definition) is 3. The fraction of sp³-hybridized carbons (Fsp3) is 0.385. The van der Waals surface area contributed by atoms with Crippen LogP contribution in [0.25, 0.3) is 0 Å². The van der Waals surface area contributed by atoms with E-state index in [1.807, 2.05) is 0 Å². The molecule has 0 aromatic heterocycles. The minimum atomic E-state index is -0.965. The molecule has 1 aliphatic heterocycles. The number of carboxylic acids is 1. The Balaban J connectivity index is 2.24. The van der Waals surface area contributed by atoms with Gasteiger partial charge in [-0.25, -0.2) is 0 Å². The Morgan fingerprint density at radius 1 is 1.45 bits per heavy atom. The Morgan fingerprint density at radius 3 is 2.80 bits per heavy atom. The van der Waals surface area contributed by atoms with Crippen LogP contribution in [0.1, 0.15) is 10.4 Å². The van der Waals surface area contributed by atoms with Gasteiger partial charge in [0.2, 0.25) is 0 Å². The van der Waals surface area contributed by atoms with E-state index in [4.69, 9.17) is 21.4 Å². The molecule has 108 valence electrons. The molecule has 5 nitrogen and oxygen atoms in total. The summed E-state index contributed by atoms with van der Waals surface area (Å²) in [6, 6.07) is 4.48. The summed E-state index contributed by atoms with van der Waals surface area (Å²) in [6.45, 7) is 0.328. The second-order valence-electron chi connectivity index (χ2n) is 4.59. The number of benzene rings is 1. The van der Waals surface area contributed by atoms with E-state index < -0.39 is 17.9 Å². The van der Waals surface area contributed by atoms with Crippen molar-refractivity contribution in [3.05, 3.63) is 33.3 Å². The second-order valence-corrected chi connectivity index (χ2v) is 5.91. The van der Waals surface area contributed by atoms with Gasteiger partial charge in [-0.2, -0.15) is 0 Å². The minimum absolute atomic E-state index is 0.115. The van der Waals surface area contributed by atoms with Crippen LogP contribution < -0.4 is 0 Å². The summed E-state index contributed by atoms with van der Waals surface area (Å²) in [6.07, 6.45) is 0. The number of nitrogens with zero attached hydrogens (tertiary/aromatic N) is 1. The molecule has 1 N–H and O–H groups in total. The highest BCUT2D eigenvalue weighted by molar-refractivity contribution is 9.10. The van der Waals surface area contributed by atoms with Crippen molar-refractivity contribution in [3.8, 4) is 0 Å². The first-order chi connectivity index (χ1) is 9.41. The molecular formula is C13H13BrClNO4. The Bertz CT molecular complexity index is 551. The lowest BCUT2D eigenvalue weighted by Gasteiger charge is -2.26. The van der Waals surface area contributed by atoms with Gasteiger partial charge in [0.05, 0.1) is 29.8 Å². The van der Waals surface area contributed by atoms with E-state index in [-0.39, 0.29) is 19.1 Å². The molecule has 0 aliphatic carbocycles. The number of carbonyl (C=O) groups is 2. The van der Waals surface area contributed by atoms with Crippen LogP contribution in [0.3, 0.4) is 0 Å². The highest BCUT2D eigenvalue weighted by atomic mass is 79.9. The van der Waals surface area contributed by atoms with Gasteiger partial charge in [0.1, 0.15) is 5.92 Å². The Hall–Kier alpha value is -1.11. The zero-order chi connectivity index (χ0) is 14.9. The monoisotopic (exact) mass is 361 g/mol. The van der Waals surface area contributed by atoms with Gasteiger partial charge in [0.15, 0.2) is 0 Å². The Kier molecular flexibility index (Phi) is 4.67. The molecule has 0 spiro atoms. The smallest absolute Gasteiger partial charge is 0.311 e. The van der Waals surface area contributed by atoms with Gasteiger partial charge in [-0.1, -0.05) is 27.5 Å². The van der Waals surface area contributed by atoms with Gasteiger partial charge in [0.25, 0.3) is 5.91 Å². The number of rotatable bonds is 3. The van der Waals surface area contributed by atoms with Crippen LogP contribution in [-0.4, -0.2) is 48.2 Å². The Morgan fingerprint density at radius 2 is 2.15 bits per heavy atom. The zero-order valence-electron chi connectivity index (χ0n) is 10.7. The van der Waals surface area contributed by atoms with Crippen molar-refractivity contribution in [1.82, 2.24) is 4.90 Å². The molecule has 7 heteroatoms. The molecule has 0 saturated carbocycles. The van der Waals surface area contributed by atoms with Gasteiger partial charge in [0, 0.05) is 11.5 Å². The first kappa shape index (κ1) is 15.3. The summed E-state index contributed by atoms with van der Waals surface area (Å²) in [4.78, 5) is 25.0. The summed E-state index contributed by atoms with van der Waals surface area (Å²) in [7, 11) is 1.56. The molecule has 1 saturated heterocycles. The molecule has 2 rings (SSSR count). The summed E-state index contributed by atoms with van der Waals surface area (Å²) < 4.78 is 5.91. The molecule has 0 radical (unpaired) electrons. The van der Waals surface area contributed by atoms with E-state index in [1.54, 1.807) is 25.2 Å². The molecule has 1 aliphatic rings. The van der Waals surface area contributed by atoms with E-state index in [0.29, 0.717) is 10.6 Å². The number of halogens is 2. The van der Waals surface area contributed by atoms with Gasteiger partial charge in [-0.05, 0) is 18.2 Å². The third-order valence-corrected chi connectivity index (χ3v) is 4.17. The average molecular weight is 363 g/mol. The van der Waals surface area contributed by atoms with Gasteiger partial charge in [-0.3, -0.25) is 9.59 Å².